The van der Waals surface area contributed by atoms with E-state index >= 15 is 0 Å². The highest BCUT2D eigenvalue weighted by Crippen LogP contribution is 2.28. The summed E-state index contributed by atoms with van der Waals surface area (Å²) in [5, 5.41) is 3.25. The standard InChI is InChI=1S/C26H28N4O4S/c1-17-9-12-24(18(2)15-17)35(31,32)30-26-25(28-20-7-5-6-8-21(20)29-26)27-14-13-19-10-11-22(33-3)23(16-19)34-4/h5-12,15-16H,13-14H2,1-4H3,(H,27,28)(H,29,30). The Morgan fingerprint density at radius 1 is 0.829 bits per heavy atom. The van der Waals surface area contributed by atoms with Crippen LogP contribution in [0.5, 0.6) is 11.5 Å². The summed E-state index contributed by atoms with van der Waals surface area (Å²) in [5.74, 6) is 1.82. The molecule has 0 radical (unpaired) electrons. The maximum absolute atomic E-state index is 13.2. The molecule has 2 N–H and O–H groups in total. The summed E-state index contributed by atoms with van der Waals surface area (Å²) in [7, 11) is -0.677. The van der Waals surface area contributed by atoms with Crippen molar-refractivity contribution in [2.24, 2.45) is 0 Å². The quantitative estimate of drug-likeness (QED) is 0.349. The molecule has 1 aromatic heterocycles. The van der Waals surface area contributed by atoms with Crippen molar-refractivity contribution in [3.05, 3.63) is 77.4 Å². The van der Waals surface area contributed by atoms with Gasteiger partial charge in [0.2, 0.25) is 0 Å². The lowest BCUT2D eigenvalue weighted by molar-refractivity contribution is 0.354. The van der Waals surface area contributed by atoms with Gasteiger partial charge in [-0.25, -0.2) is 18.4 Å². The first-order valence-corrected chi connectivity index (χ1v) is 12.6. The normalized spacial score (nSPS) is 11.3. The van der Waals surface area contributed by atoms with Gasteiger partial charge < -0.3 is 14.8 Å². The molecule has 1 heterocycles. The fourth-order valence-electron chi connectivity index (χ4n) is 3.84. The zero-order chi connectivity index (χ0) is 25.0. The zero-order valence-electron chi connectivity index (χ0n) is 20.1. The molecule has 4 rings (SSSR count). The Labute approximate surface area is 205 Å². The van der Waals surface area contributed by atoms with Gasteiger partial charge in [-0.2, -0.15) is 0 Å². The van der Waals surface area contributed by atoms with Crippen molar-refractivity contribution in [1.82, 2.24) is 9.97 Å². The lowest BCUT2D eigenvalue weighted by Gasteiger charge is -2.15. The second-order valence-corrected chi connectivity index (χ2v) is 9.80. The van der Waals surface area contributed by atoms with Gasteiger partial charge >= 0.3 is 0 Å². The van der Waals surface area contributed by atoms with Crippen molar-refractivity contribution in [2.75, 3.05) is 30.8 Å². The highest BCUT2D eigenvalue weighted by Gasteiger charge is 2.20. The van der Waals surface area contributed by atoms with Gasteiger partial charge in [-0.1, -0.05) is 35.9 Å². The molecular weight excluding hydrogens is 464 g/mol. The van der Waals surface area contributed by atoms with Crippen LogP contribution in [0.25, 0.3) is 11.0 Å². The number of rotatable bonds is 9. The number of anilines is 2. The highest BCUT2D eigenvalue weighted by atomic mass is 32.2. The van der Waals surface area contributed by atoms with Crippen LogP contribution in [0, 0.1) is 13.8 Å². The minimum atomic E-state index is -3.87. The maximum Gasteiger partial charge on any atom is 0.263 e. The van der Waals surface area contributed by atoms with Crippen LogP contribution in [0.15, 0.2) is 65.6 Å². The van der Waals surface area contributed by atoms with Gasteiger partial charge in [0, 0.05) is 6.54 Å². The van der Waals surface area contributed by atoms with Crippen molar-refractivity contribution >= 4 is 32.7 Å². The predicted octanol–water partition coefficient (Wildman–Crippen LogP) is 4.72. The van der Waals surface area contributed by atoms with Crippen LogP contribution >= 0.6 is 0 Å². The number of nitrogens with one attached hydrogen (secondary N) is 2. The number of sulfonamides is 1. The van der Waals surface area contributed by atoms with Gasteiger partial charge in [0.15, 0.2) is 23.1 Å². The van der Waals surface area contributed by atoms with Crippen LogP contribution in [-0.4, -0.2) is 39.2 Å². The molecule has 0 aliphatic rings. The summed E-state index contributed by atoms with van der Waals surface area (Å²) in [5.41, 5.74) is 3.94. The summed E-state index contributed by atoms with van der Waals surface area (Å²) in [4.78, 5) is 9.40. The molecule has 9 heteroatoms. The van der Waals surface area contributed by atoms with E-state index < -0.39 is 10.0 Å². The maximum atomic E-state index is 13.2. The number of aromatic nitrogens is 2. The molecule has 0 spiro atoms. The Kier molecular flexibility index (Phi) is 7.07. The minimum absolute atomic E-state index is 0.149. The fourth-order valence-corrected chi connectivity index (χ4v) is 5.08. The van der Waals surface area contributed by atoms with Crippen molar-refractivity contribution in [3.63, 3.8) is 0 Å². The van der Waals surface area contributed by atoms with Gasteiger partial charge in [-0.3, -0.25) is 4.72 Å². The molecule has 35 heavy (non-hydrogen) atoms. The van der Waals surface area contributed by atoms with E-state index in [4.69, 9.17) is 9.47 Å². The summed E-state index contributed by atoms with van der Waals surface area (Å²) >= 11 is 0. The van der Waals surface area contributed by atoms with Crippen molar-refractivity contribution in [1.29, 1.82) is 0 Å². The molecule has 0 aliphatic carbocycles. The van der Waals surface area contributed by atoms with Crippen LogP contribution in [0.2, 0.25) is 0 Å². The van der Waals surface area contributed by atoms with Gasteiger partial charge in [0.25, 0.3) is 10.0 Å². The van der Waals surface area contributed by atoms with Gasteiger partial charge in [-0.05, 0) is 61.7 Å². The predicted molar refractivity (Wildman–Crippen MR) is 138 cm³/mol. The molecule has 3 aromatic carbocycles. The molecule has 8 nitrogen and oxygen atoms in total. The molecule has 0 fully saturated rings. The lowest BCUT2D eigenvalue weighted by Crippen LogP contribution is -2.18. The molecule has 182 valence electrons. The third-order valence-electron chi connectivity index (χ3n) is 5.58. The van der Waals surface area contributed by atoms with E-state index in [-0.39, 0.29) is 10.7 Å². The molecule has 0 saturated carbocycles. The van der Waals surface area contributed by atoms with Gasteiger partial charge in [0.05, 0.1) is 30.1 Å². The largest absolute Gasteiger partial charge is 0.493 e. The number of methoxy groups -OCH3 is 2. The first kappa shape index (κ1) is 24.3. The van der Waals surface area contributed by atoms with Crippen LogP contribution in [0.1, 0.15) is 16.7 Å². The molecule has 4 aromatic rings. The molecule has 0 saturated heterocycles. The lowest BCUT2D eigenvalue weighted by atomic mass is 10.1. The summed E-state index contributed by atoms with van der Waals surface area (Å²) in [6.07, 6.45) is 0.651. The first-order valence-electron chi connectivity index (χ1n) is 11.1. The number of ether oxygens (including phenoxy) is 2. The van der Waals surface area contributed by atoms with E-state index in [0.717, 1.165) is 11.1 Å². The van der Waals surface area contributed by atoms with Gasteiger partial charge in [0.1, 0.15) is 0 Å². The van der Waals surface area contributed by atoms with Crippen molar-refractivity contribution < 1.29 is 17.9 Å². The van der Waals surface area contributed by atoms with Crippen LogP contribution < -0.4 is 19.5 Å². The average molecular weight is 493 g/mol. The zero-order valence-corrected chi connectivity index (χ0v) is 20.9. The number of nitrogens with zero attached hydrogens (tertiary/aromatic N) is 2. The van der Waals surface area contributed by atoms with Crippen LogP contribution in [0.3, 0.4) is 0 Å². The molecule has 0 bridgehead atoms. The minimum Gasteiger partial charge on any atom is -0.493 e. The Balaban J connectivity index is 1.61. The summed E-state index contributed by atoms with van der Waals surface area (Å²) in [6, 6.07) is 18.3. The monoisotopic (exact) mass is 492 g/mol. The number of para-hydroxylation sites is 2. The van der Waals surface area contributed by atoms with Crippen molar-refractivity contribution in [3.8, 4) is 11.5 Å². The molecule has 0 amide bonds. The molecule has 0 aliphatic heterocycles. The van der Waals surface area contributed by atoms with E-state index in [0.29, 0.717) is 46.9 Å². The van der Waals surface area contributed by atoms with Crippen molar-refractivity contribution in [2.45, 2.75) is 25.2 Å². The third kappa shape index (κ3) is 5.46. The van der Waals surface area contributed by atoms with E-state index in [9.17, 15) is 8.42 Å². The number of fused-ring (bicyclic) bond motifs is 1. The number of benzene rings is 3. The van der Waals surface area contributed by atoms with Crippen LogP contribution in [0.4, 0.5) is 11.6 Å². The second kappa shape index (κ2) is 10.2. The smallest absolute Gasteiger partial charge is 0.263 e. The topological polar surface area (TPSA) is 102 Å². The van der Waals surface area contributed by atoms with E-state index in [2.05, 4.69) is 20.0 Å². The van der Waals surface area contributed by atoms with E-state index in [1.54, 1.807) is 39.3 Å². The Hall–Kier alpha value is -3.85. The number of hydrogen-bond acceptors (Lipinski definition) is 7. The number of aryl methyl sites for hydroxylation is 2. The van der Waals surface area contributed by atoms with E-state index in [1.165, 1.54) is 0 Å². The summed E-state index contributed by atoms with van der Waals surface area (Å²) in [6.45, 7) is 4.20. The molecular formula is C26H28N4O4S. The SMILES string of the molecule is COc1ccc(CCNc2nc3ccccc3nc2NS(=O)(=O)c2ccc(C)cc2C)cc1OC. The average Bonchev–Trinajstić information content (AvgIpc) is 2.83. The Bertz CT molecular complexity index is 1470. The third-order valence-corrected chi connectivity index (χ3v) is 7.07. The second-order valence-electron chi connectivity index (χ2n) is 8.15. The Morgan fingerprint density at radius 2 is 1.51 bits per heavy atom. The van der Waals surface area contributed by atoms with Gasteiger partial charge in [-0.15, -0.1) is 0 Å². The molecule has 0 unspecified atom stereocenters. The summed E-state index contributed by atoms with van der Waals surface area (Å²) < 4.78 is 39.7. The molecule has 0 atom stereocenters. The van der Waals surface area contributed by atoms with Crippen LogP contribution in [-0.2, 0) is 16.4 Å². The Morgan fingerprint density at radius 3 is 2.17 bits per heavy atom. The highest BCUT2D eigenvalue weighted by molar-refractivity contribution is 7.92. The number of hydrogen-bond donors (Lipinski definition) is 2. The fraction of sp³-hybridized carbons (Fsp3) is 0.231. The first-order chi connectivity index (χ1) is 16.8. The van der Waals surface area contributed by atoms with E-state index in [1.807, 2.05) is 49.4 Å².